The van der Waals surface area contributed by atoms with Crippen LogP contribution in [0.1, 0.15) is 21.5 Å². The highest BCUT2D eigenvalue weighted by Crippen LogP contribution is 2.16. The number of nitrogens with two attached hydrogens (primary N) is 1. The van der Waals surface area contributed by atoms with Gasteiger partial charge in [-0.1, -0.05) is 6.07 Å². The summed E-state index contributed by atoms with van der Waals surface area (Å²) in [6, 6.07) is 7.83. The lowest BCUT2D eigenvalue weighted by Crippen LogP contribution is -2.08. The second kappa shape index (κ2) is 5.69. The molecule has 0 saturated carbocycles. The van der Waals surface area contributed by atoms with Crippen LogP contribution in [0.5, 0.6) is 0 Å². The van der Waals surface area contributed by atoms with Crippen molar-refractivity contribution in [2.24, 2.45) is 0 Å². The summed E-state index contributed by atoms with van der Waals surface area (Å²) >= 11 is 0. The third-order valence-corrected chi connectivity index (χ3v) is 2.85. The Morgan fingerprint density at radius 3 is 2.70 bits per heavy atom. The van der Waals surface area contributed by atoms with E-state index in [9.17, 15) is 13.6 Å². The molecule has 2 aromatic rings. The summed E-state index contributed by atoms with van der Waals surface area (Å²) in [6.45, 7) is 1.40. The third kappa shape index (κ3) is 3.12. The van der Waals surface area contributed by atoms with Crippen molar-refractivity contribution in [2.45, 2.75) is 13.5 Å². The van der Waals surface area contributed by atoms with Crippen LogP contribution in [-0.4, -0.2) is 5.97 Å². The van der Waals surface area contributed by atoms with Crippen LogP contribution in [-0.2, 0) is 11.3 Å². The van der Waals surface area contributed by atoms with Gasteiger partial charge in [-0.05, 0) is 42.8 Å². The average molecular weight is 277 g/mol. The summed E-state index contributed by atoms with van der Waals surface area (Å²) in [5, 5.41) is 0. The Labute approximate surface area is 115 Å². The van der Waals surface area contributed by atoms with E-state index in [1.54, 1.807) is 19.1 Å². The Morgan fingerprint density at radius 1 is 1.20 bits per heavy atom. The number of hydrogen-bond donors (Lipinski definition) is 1. The van der Waals surface area contributed by atoms with Crippen molar-refractivity contribution in [2.75, 3.05) is 5.73 Å². The lowest BCUT2D eigenvalue weighted by molar-refractivity contribution is 0.0467. The molecule has 20 heavy (non-hydrogen) atoms. The van der Waals surface area contributed by atoms with E-state index in [2.05, 4.69) is 0 Å². The maximum atomic E-state index is 13.4. The second-order valence-electron chi connectivity index (χ2n) is 4.39. The predicted octanol–water partition coefficient (Wildman–Crippen LogP) is 3.21. The molecule has 0 heterocycles. The van der Waals surface area contributed by atoms with Gasteiger partial charge in [0.05, 0.1) is 5.56 Å². The van der Waals surface area contributed by atoms with Gasteiger partial charge in [0, 0.05) is 11.3 Å². The van der Waals surface area contributed by atoms with Crippen molar-refractivity contribution >= 4 is 11.7 Å². The van der Waals surface area contributed by atoms with Crippen LogP contribution in [0.3, 0.4) is 0 Å². The van der Waals surface area contributed by atoms with Crippen LogP contribution >= 0.6 is 0 Å². The summed E-state index contributed by atoms with van der Waals surface area (Å²) < 4.78 is 31.4. The van der Waals surface area contributed by atoms with Crippen molar-refractivity contribution in [1.82, 2.24) is 0 Å². The molecule has 0 aliphatic heterocycles. The molecule has 5 heteroatoms. The number of nitrogen functional groups attached to an aromatic ring is 1. The van der Waals surface area contributed by atoms with Crippen LogP contribution in [0.2, 0.25) is 0 Å². The number of ether oxygens (including phenoxy) is 1. The van der Waals surface area contributed by atoms with Crippen LogP contribution in [0.15, 0.2) is 36.4 Å². The van der Waals surface area contributed by atoms with Crippen molar-refractivity contribution < 1.29 is 18.3 Å². The molecule has 3 nitrogen and oxygen atoms in total. The number of halogens is 2. The fourth-order valence-corrected chi connectivity index (χ4v) is 1.73. The van der Waals surface area contributed by atoms with E-state index >= 15 is 0 Å². The van der Waals surface area contributed by atoms with E-state index in [-0.39, 0.29) is 12.2 Å². The molecular formula is C15H13F2NO2. The lowest BCUT2D eigenvalue weighted by atomic mass is 10.1. The third-order valence-electron chi connectivity index (χ3n) is 2.85. The molecule has 2 aromatic carbocycles. The fraction of sp³-hybridized carbons (Fsp3) is 0.133. The number of benzene rings is 2. The van der Waals surface area contributed by atoms with E-state index < -0.39 is 17.6 Å². The topological polar surface area (TPSA) is 52.3 Å². The molecular weight excluding hydrogens is 264 g/mol. The number of rotatable bonds is 3. The van der Waals surface area contributed by atoms with Crippen molar-refractivity contribution in [3.05, 3.63) is 64.7 Å². The molecule has 0 aliphatic carbocycles. The number of carbonyl (C=O) groups excluding carboxylic acids is 1. The maximum Gasteiger partial charge on any atom is 0.338 e. The summed E-state index contributed by atoms with van der Waals surface area (Å²) in [7, 11) is 0. The maximum absolute atomic E-state index is 13.4. The minimum atomic E-state index is -0.626. The van der Waals surface area contributed by atoms with Gasteiger partial charge in [-0.15, -0.1) is 0 Å². The van der Waals surface area contributed by atoms with E-state index in [1.165, 1.54) is 6.07 Å². The van der Waals surface area contributed by atoms with Gasteiger partial charge in [0.15, 0.2) is 0 Å². The highest BCUT2D eigenvalue weighted by molar-refractivity contribution is 5.92. The zero-order valence-electron chi connectivity index (χ0n) is 10.8. The number of carbonyl (C=O) groups is 1. The smallest absolute Gasteiger partial charge is 0.338 e. The number of esters is 1. The summed E-state index contributed by atoms with van der Waals surface area (Å²) in [5.41, 5.74) is 7.02. The molecule has 104 valence electrons. The molecule has 0 aromatic heterocycles. The lowest BCUT2D eigenvalue weighted by Gasteiger charge is -2.08. The normalized spacial score (nSPS) is 10.3. The molecule has 0 aliphatic rings. The Bertz CT molecular complexity index is 656. The van der Waals surface area contributed by atoms with Crippen molar-refractivity contribution in [3.8, 4) is 0 Å². The van der Waals surface area contributed by atoms with Gasteiger partial charge < -0.3 is 10.5 Å². The Kier molecular flexibility index (Phi) is 3.98. The first-order chi connectivity index (χ1) is 9.47. The van der Waals surface area contributed by atoms with Gasteiger partial charge >= 0.3 is 5.97 Å². The molecule has 0 unspecified atom stereocenters. The molecule has 0 amide bonds. The SMILES string of the molecule is Cc1ccc(N)cc1C(=O)OCc1cc(F)ccc1F. The fourth-order valence-electron chi connectivity index (χ4n) is 1.73. The monoisotopic (exact) mass is 277 g/mol. The molecule has 0 saturated heterocycles. The van der Waals surface area contributed by atoms with Crippen LogP contribution in [0.25, 0.3) is 0 Å². The number of hydrogen-bond acceptors (Lipinski definition) is 3. The molecule has 0 spiro atoms. The summed E-state index contributed by atoms with van der Waals surface area (Å²) in [6.07, 6.45) is 0. The van der Waals surface area contributed by atoms with E-state index in [1.807, 2.05) is 0 Å². The van der Waals surface area contributed by atoms with E-state index in [0.29, 0.717) is 16.8 Å². The van der Waals surface area contributed by atoms with Gasteiger partial charge in [-0.2, -0.15) is 0 Å². The molecule has 0 bridgehead atoms. The molecule has 0 fully saturated rings. The van der Waals surface area contributed by atoms with Crippen molar-refractivity contribution in [1.29, 1.82) is 0 Å². The number of anilines is 1. The predicted molar refractivity (Wildman–Crippen MR) is 71.1 cm³/mol. The molecule has 2 rings (SSSR count). The largest absolute Gasteiger partial charge is 0.457 e. The van der Waals surface area contributed by atoms with E-state index in [0.717, 1.165) is 18.2 Å². The molecule has 2 N–H and O–H groups in total. The zero-order chi connectivity index (χ0) is 14.7. The Morgan fingerprint density at radius 2 is 1.95 bits per heavy atom. The Hall–Kier alpha value is -2.43. The summed E-state index contributed by atoms with van der Waals surface area (Å²) in [5.74, 6) is -1.83. The quantitative estimate of drug-likeness (QED) is 0.692. The first-order valence-electron chi connectivity index (χ1n) is 5.94. The van der Waals surface area contributed by atoms with Gasteiger partial charge in [-0.3, -0.25) is 0 Å². The first kappa shape index (κ1) is 14.0. The van der Waals surface area contributed by atoms with Gasteiger partial charge in [0.25, 0.3) is 0 Å². The van der Waals surface area contributed by atoms with Gasteiger partial charge in [0.1, 0.15) is 18.2 Å². The Balaban J connectivity index is 2.12. The molecule has 0 atom stereocenters. The minimum Gasteiger partial charge on any atom is -0.457 e. The number of aryl methyl sites for hydroxylation is 1. The standard InChI is InChI=1S/C15H13F2NO2/c1-9-2-4-12(18)7-13(9)15(19)20-8-10-6-11(16)3-5-14(10)17/h2-7H,8,18H2,1H3. The second-order valence-corrected chi connectivity index (χ2v) is 4.39. The minimum absolute atomic E-state index is 0.0140. The van der Waals surface area contributed by atoms with Crippen molar-refractivity contribution in [3.63, 3.8) is 0 Å². The van der Waals surface area contributed by atoms with E-state index in [4.69, 9.17) is 10.5 Å². The summed E-state index contributed by atoms with van der Waals surface area (Å²) in [4.78, 5) is 11.9. The van der Waals surface area contributed by atoms with Crippen LogP contribution < -0.4 is 5.73 Å². The average Bonchev–Trinajstić information content (AvgIpc) is 2.42. The first-order valence-corrected chi connectivity index (χ1v) is 5.94. The highest BCUT2D eigenvalue weighted by atomic mass is 19.1. The van der Waals surface area contributed by atoms with Gasteiger partial charge in [0.2, 0.25) is 0 Å². The van der Waals surface area contributed by atoms with Crippen LogP contribution in [0.4, 0.5) is 14.5 Å². The zero-order valence-corrected chi connectivity index (χ0v) is 10.8. The van der Waals surface area contributed by atoms with Crippen LogP contribution in [0, 0.1) is 18.6 Å². The molecule has 0 radical (unpaired) electrons. The highest BCUT2D eigenvalue weighted by Gasteiger charge is 2.12. The van der Waals surface area contributed by atoms with Gasteiger partial charge in [-0.25, -0.2) is 13.6 Å².